The van der Waals surface area contributed by atoms with Crippen LogP contribution in [0.1, 0.15) is 30.5 Å². The highest BCUT2D eigenvalue weighted by atomic mass is 32.1. The van der Waals surface area contributed by atoms with Crippen molar-refractivity contribution in [2.75, 3.05) is 6.54 Å². The summed E-state index contributed by atoms with van der Waals surface area (Å²) in [5, 5.41) is 4.93. The Morgan fingerprint density at radius 3 is 2.54 bits per heavy atom. The number of ether oxygens (including phenoxy) is 1. The average molecular weight is 402 g/mol. The second kappa shape index (κ2) is 7.27. The Bertz CT molecular complexity index is 1030. The molecule has 2 aromatic rings. The van der Waals surface area contributed by atoms with Gasteiger partial charge in [-0.3, -0.25) is 24.1 Å². The zero-order valence-corrected chi connectivity index (χ0v) is 16.0. The van der Waals surface area contributed by atoms with Crippen LogP contribution >= 0.6 is 11.3 Å². The summed E-state index contributed by atoms with van der Waals surface area (Å²) < 4.78 is 6.36. The molecule has 1 fully saturated rings. The maximum absolute atomic E-state index is 12.4. The summed E-state index contributed by atoms with van der Waals surface area (Å²) in [5.74, 6) is -2.13. The van der Waals surface area contributed by atoms with Gasteiger partial charge in [-0.05, 0) is 19.3 Å². The number of hydrogen-bond donors (Lipinski definition) is 0. The zero-order chi connectivity index (χ0) is 19.8. The lowest BCUT2D eigenvalue weighted by Gasteiger charge is -2.14. The topological polar surface area (TPSA) is 111 Å². The molecule has 10 heteroatoms. The summed E-state index contributed by atoms with van der Waals surface area (Å²) in [7, 11) is 0. The van der Waals surface area contributed by atoms with Gasteiger partial charge in [0.1, 0.15) is 18.2 Å². The number of imide groups is 1. The number of allylic oxidation sites excluding steroid dienone is 2. The molecule has 0 spiro atoms. The molecule has 0 unspecified atom stereocenters. The minimum absolute atomic E-state index is 0.214. The van der Waals surface area contributed by atoms with E-state index < -0.39 is 12.5 Å². The third-order valence-corrected chi connectivity index (χ3v) is 5.96. The molecular weight excluding hydrogens is 384 g/mol. The number of aromatic nitrogens is 3. The molecule has 2 atom stereocenters. The van der Waals surface area contributed by atoms with Gasteiger partial charge in [-0.2, -0.15) is 9.61 Å². The number of amides is 2. The molecule has 0 radical (unpaired) electrons. The van der Waals surface area contributed by atoms with Crippen LogP contribution in [0.4, 0.5) is 0 Å². The fourth-order valence-corrected chi connectivity index (χ4v) is 4.32. The van der Waals surface area contributed by atoms with Gasteiger partial charge in [0.15, 0.2) is 0 Å². The Morgan fingerprint density at radius 1 is 1.21 bits per heavy atom. The Labute approximate surface area is 163 Å². The van der Waals surface area contributed by atoms with Gasteiger partial charge >= 0.3 is 5.97 Å². The second-order valence-corrected chi connectivity index (χ2v) is 7.75. The highest BCUT2D eigenvalue weighted by Crippen LogP contribution is 2.34. The predicted octanol–water partition coefficient (Wildman–Crippen LogP) is 0.708. The first kappa shape index (κ1) is 18.5. The van der Waals surface area contributed by atoms with E-state index in [1.54, 1.807) is 0 Å². The lowest BCUT2D eigenvalue weighted by Crippen LogP contribution is -2.36. The monoisotopic (exact) mass is 402 g/mol. The van der Waals surface area contributed by atoms with Crippen molar-refractivity contribution in [3.05, 3.63) is 39.3 Å². The zero-order valence-electron chi connectivity index (χ0n) is 15.2. The highest BCUT2D eigenvalue weighted by molar-refractivity contribution is 7.16. The van der Waals surface area contributed by atoms with E-state index in [9.17, 15) is 19.2 Å². The van der Waals surface area contributed by atoms with Gasteiger partial charge in [-0.1, -0.05) is 30.4 Å². The molecule has 0 bridgehead atoms. The Balaban J connectivity index is 1.41. The third-order valence-electron chi connectivity index (χ3n) is 4.91. The van der Waals surface area contributed by atoms with E-state index in [2.05, 4.69) is 10.1 Å². The molecule has 2 aromatic heterocycles. The first-order valence-corrected chi connectivity index (χ1v) is 9.84. The third kappa shape index (κ3) is 3.24. The van der Waals surface area contributed by atoms with Gasteiger partial charge < -0.3 is 4.74 Å². The summed E-state index contributed by atoms with van der Waals surface area (Å²) in [4.78, 5) is 54.7. The van der Waals surface area contributed by atoms with Crippen molar-refractivity contribution in [2.24, 2.45) is 11.8 Å². The highest BCUT2D eigenvalue weighted by Gasteiger charge is 2.47. The summed E-state index contributed by atoms with van der Waals surface area (Å²) >= 11 is 1.29. The standard InChI is InChI=1S/C18H18N4O5S/c1-2-13-20-22-14(23)7-10(19-18(22)28-13)9-27-15(24)8-21-16(25)11-5-3-4-6-12(11)17(21)26/h3-4,7,11-12H,2,5-6,8-9H2,1H3/t11-,12-/m1/s1. The number of hydrogen-bond acceptors (Lipinski definition) is 8. The Morgan fingerprint density at radius 2 is 1.89 bits per heavy atom. The molecule has 0 aromatic carbocycles. The molecule has 2 amide bonds. The summed E-state index contributed by atoms with van der Waals surface area (Å²) in [5.41, 5.74) is -0.0601. The number of aryl methyl sites for hydroxylation is 1. The Hall–Kier alpha value is -2.88. The van der Waals surface area contributed by atoms with Crippen LogP contribution in [0.5, 0.6) is 0 Å². The van der Waals surface area contributed by atoms with E-state index in [1.807, 2.05) is 19.1 Å². The molecule has 1 aliphatic heterocycles. The molecule has 1 aliphatic carbocycles. The number of rotatable bonds is 5. The van der Waals surface area contributed by atoms with Crippen LogP contribution in [0.15, 0.2) is 23.0 Å². The lowest BCUT2D eigenvalue weighted by atomic mass is 9.85. The van der Waals surface area contributed by atoms with Crippen molar-refractivity contribution in [1.82, 2.24) is 19.5 Å². The normalized spacial score (nSPS) is 21.4. The van der Waals surface area contributed by atoms with Gasteiger partial charge in [0, 0.05) is 6.07 Å². The van der Waals surface area contributed by atoms with Crippen LogP contribution in [0.3, 0.4) is 0 Å². The van der Waals surface area contributed by atoms with E-state index in [4.69, 9.17) is 4.74 Å². The number of esters is 1. The average Bonchev–Trinajstić information content (AvgIpc) is 3.22. The molecule has 28 heavy (non-hydrogen) atoms. The van der Waals surface area contributed by atoms with E-state index in [0.29, 0.717) is 29.9 Å². The van der Waals surface area contributed by atoms with Gasteiger partial charge in [0.2, 0.25) is 16.8 Å². The van der Waals surface area contributed by atoms with Crippen LogP contribution in [-0.4, -0.2) is 43.8 Å². The van der Waals surface area contributed by atoms with Gasteiger partial charge in [-0.25, -0.2) is 4.98 Å². The van der Waals surface area contributed by atoms with Crippen LogP contribution in [0.25, 0.3) is 4.96 Å². The van der Waals surface area contributed by atoms with Crippen LogP contribution < -0.4 is 5.56 Å². The van der Waals surface area contributed by atoms with Gasteiger partial charge in [-0.15, -0.1) is 0 Å². The maximum Gasteiger partial charge on any atom is 0.326 e. The van der Waals surface area contributed by atoms with Gasteiger partial charge in [0.05, 0.1) is 17.5 Å². The van der Waals surface area contributed by atoms with E-state index in [0.717, 1.165) is 9.91 Å². The molecule has 0 N–H and O–H groups in total. The molecular formula is C18H18N4O5S. The molecule has 3 heterocycles. The van der Waals surface area contributed by atoms with E-state index in [-0.39, 0.29) is 35.8 Å². The minimum atomic E-state index is -0.714. The van der Waals surface area contributed by atoms with E-state index in [1.165, 1.54) is 21.9 Å². The smallest absolute Gasteiger partial charge is 0.326 e. The summed E-state index contributed by atoms with van der Waals surface area (Å²) in [6.45, 7) is 1.29. The fourth-order valence-electron chi connectivity index (χ4n) is 3.47. The first-order chi connectivity index (χ1) is 13.5. The van der Waals surface area contributed by atoms with Crippen LogP contribution in [-0.2, 0) is 32.1 Å². The quantitative estimate of drug-likeness (QED) is 0.411. The Kier molecular flexibility index (Phi) is 4.80. The summed E-state index contributed by atoms with van der Waals surface area (Å²) in [6, 6.07) is 1.26. The van der Waals surface area contributed by atoms with Crippen LogP contribution in [0, 0.1) is 11.8 Å². The number of fused-ring (bicyclic) bond motifs is 2. The molecule has 9 nitrogen and oxygen atoms in total. The molecule has 146 valence electrons. The van der Waals surface area contributed by atoms with Crippen molar-refractivity contribution < 1.29 is 19.1 Å². The predicted molar refractivity (Wildman–Crippen MR) is 98.4 cm³/mol. The van der Waals surface area contributed by atoms with Crippen molar-refractivity contribution in [3.63, 3.8) is 0 Å². The molecule has 0 saturated carbocycles. The van der Waals surface area contributed by atoms with Crippen LogP contribution in [0.2, 0.25) is 0 Å². The number of nitrogens with zero attached hydrogens (tertiary/aromatic N) is 4. The maximum atomic E-state index is 12.4. The number of carbonyl (C=O) groups is 3. The largest absolute Gasteiger partial charge is 0.458 e. The molecule has 1 saturated heterocycles. The molecule has 2 aliphatic rings. The fraction of sp³-hybridized carbons (Fsp3) is 0.444. The van der Waals surface area contributed by atoms with Crippen molar-refractivity contribution >= 4 is 34.1 Å². The van der Waals surface area contributed by atoms with Crippen molar-refractivity contribution in [3.8, 4) is 0 Å². The summed E-state index contributed by atoms with van der Waals surface area (Å²) in [6.07, 6.45) is 5.50. The van der Waals surface area contributed by atoms with Crippen molar-refractivity contribution in [1.29, 1.82) is 0 Å². The van der Waals surface area contributed by atoms with Gasteiger partial charge in [0.25, 0.3) is 5.56 Å². The minimum Gasteiger partial charge on any atom is -0.458 e. The number of carbonyl (C=O) groups excluding carboxylic acids is 3. The lowest BCUT2D eigenvalue weighted by molar-refractivity contribution is -0.153. The SMILES string of the molecule is CCc1nn2c(=O)cc(COC(=O)CN3C(=O)[C@@H]4CC=CC[C@H]4C3=O)nc2s1. The number of likely N-dealkylation sites (tertiary alicyclic amines) is 1. The van der Waals surface area contributed by atoms with E-state index >= 15 is 0 Å². The van der Waals surface area contributed by atoms with Crippen molar-refractivity contribution in [2.45, 2.75) is 32.8 Å². The first-order valence-electron chi connectivity index (χ1n) is 9.02. The second-order valence-electron chi connectivity index (χ2n) is 6.71. The molecule has 4 rings (SSSR count).